The summed E-state index contributed by atoms with van der Waals surface area (Å²) in [5.41, 5.74) is 8.28. The largest absolute Gasteiger partial charge is 0.459 e. The molecular formula is C20H21N3O3. The summed E-state index contributed by atoms with van der Waals surface area (Å²) in [6, 6.07) is 15.1. The van der Waals surface area contributed by atoms with Gasteiger partial charge in [0.15, 0.2) is 5.76 Å². The molecule has 0 saturated carbocycles. The Balaban J connectivity index is 1.77. The van der Waals surface area contributed by atoms with E-state index in [4.69, 9.17) is 4.42 Å². The molecule has 0 aliphatic carbocycles. The van der Waals surface area contributed by atoms with Crippen LogP contribution < -0.4 is 10.9 Å². The van der Waals surface area contributed by atoms with Crippen LogP contribution in [0.3, 0.4) is 0 Å². The number of nitrogens with one attached hydrogen (secondary N) is 2. The van der Waals surface area contributed by atoms with Gasteiger partial charge in [0.1, 0.15) is 0 Å². The summed E-state index contributed by atoms with van der Waals surface area (Å²) < 4.78 is 7.10. The zero-order valence-electron chi connectivity index (χ0n) is 14.9. The highest BCUT2D eigenvalue weighted by molar-refractivity contribution is 5.98. The lowest BCUT2D eigenvalue weighted by molar-refractivity contribution is 0.0830. The standard InChI is InChI=1S/C20H21N3O3/c1-13-12-17(19(24)21-22-20(25)18-10-7-11-26-18)15(3)23(13)14(2)16-8-5-4-6-9-16/h4-12,14H,1-3H3,(H,21,24)(H,22,25)/t14-/m1/s1. The number of hydrazine groups is 1. The van der Waals surface area contributed by atoms with E-state index in [0.717, 1.165) is 17.0 Å². The predicted molar refractivity (Wildman–Crippen MR) is 97.8 cm³/mol. The van der Waals surface area contributed by atoms with Crippen molar-refractivity contribution < 1.29 is 14.0 Å². The van der Waals surface area contributed by atoms with Crippen LogP contribution in [0.4, 0.5) is 0 Å². The molecule has 0 unspecified atom stereocenters. The van der Waals surface area contributed by atoms with Crippen molar-refractivity contribution in [1.82, 2.24) is 15.4 Å². The number of carbonyl (C=O) groups excluding carboxylic acids is 2. The van der Waals surface area contributed by atoms with Crippen molar-refractivity contribution in [3.8, 4) is 0 Å². The molecule has 6 nitrogen and oxygen atoms in total. The Bertz CT molecular complexity index is 911. The quantitative estimate of drug-likeness (QED) is 0.708. The minimum atomic E-state index is -0.505. The Morgan fingerprint density at radius 2 is 1.69 bits per heavy atom. The van der Waals surface area contributed by atoms with Gasteiger partial charge in [-0.15, -0.1) is 0 Å². The number of benzene rings is 1. The van der Waals surface area contributed by atoms with E-state index in [2.05, 4.69) is 34.5 Å². The number of hydrogen-bond acceptors (Lipinski definition) is 3. The lowest BCUT2D eigenvalue weighted by Gasteiger charge is -2.19. The third-order valence-corrected chi connectivity index (χ3v) is 4.43. The van der Waals surface area contributed by atoms with Crippen LogP contribution in [0.15, 0.2) is 59.2 Å². The van der Waals surface area contributed by atoms with E-state index in [1.54, 1.807) is 6.07 Å². The Kier molecular flexibility index (Phi) is 4.93. The van der Waals surface area contributed by atoms with Gasteiger partial charge in [0.2, 0.25) is 0 Å². The first-order valence-electron chi connectivity index (χ1n) is 8.36. The molecule has 2 heterocycles. The molecule has 0 aliphatic rings. The number of amides is 2. The van der Waals surface area contributed by atoms with Gasteiger partial charge in [-0.25, -0.2) is 0 Å². The molecule has 6 heteroatoms. The van der Waals surface area contributed by atoms with Crippen LogP contribution in [-0.2, 0) is 0 Å². The Labute approximate surface area is 151 Å². The molecule has 3 rings (SSSR count). The number of nitrogens with zero attached hydrogens (tertiary/aromatic N) is 1. The van der Waals surface area contributed by atoms with Gasteiger partial charge < -0.3 is 8.98 Å². The summed E-state index contributed by atoms with van der Waals surface area (Å²) >= 11 is 0. The van der Waals surface area contributed by atoms with Crippen molar-refractivity contribution in [3.63, 3.8) is 0 Å². The van der Waals surface area contributed by atoms with Crippen LogP contribution in [0.25, 0.3) is 0 Å². The zero-order valence-corrected chi connectivity index (χ0v) is 14.9. The average Bonchev–Trinajstić information content (AvgIpc) is 3.28. The molecule has 0 spiro atoms. The topological polar surface area (TPSA) is 76.3 Å². The van der Waals surface area contributed by atoms with Gasteiger partial charge >= 0.3 is 5.91 Å². The van der Waals surface area contributed by atoms with Crippen LogP contribution in [0.5, 0.6) is 0 Å². The fraction of sp³-hybridized carbons (Fsp3) is 0.200. The van der Waals surface area contributed by atoms with E-state index in [0.29, 0.717) is 5.56 Å². The van der Waals surface area contributed by atoms with Gasteiger partial charge in [-0.1, -0.05) is 30.3 Å². The number of aryl methyl sites for hydroxylation is 1. The molecule has 3 aromatic rings. The Morgan fingerprint density at radius 1 is 1.00 bits per heavy atom. The SMILES string of the molecule is Cc1cc(C(=O)NNC(=O)c2ccco2)c(C)n1[C@H](C)c1ccccc1. The van der Waals surface area contributed by atoms with Crippen molar-refractivity contribution >= 4 is 11.8 Å². The summed E-state index contributed by atoms with van der Waals surface area (Å²) in [6.45, 7) is 5.95. The van der Waals surface area contributed by atoms with E-state index < -0.39 is 5.91 Å². The first-order chi connectivity index (χ1) is 12.5. The smallest absolute Gasteiger partial charge is 0.305 e. The predicted octanol–water partition coefficient (Wildman–Crippen LogP) is 3.38. The average molecular weight is 351 g/mol. The second kappa shape index (κ2) is 7.31. The molecule has 2 amide bonds. The van der Waals surface area contributed by atoms with Crippen molar-refractivity contribution in [2.45, 2.75) is 26.8 Å². The molecule has 1 aromatic carbocycles. The number of hydrogen-bond donors (Lipinski definition) is 2. The van der Waals surface area contributed by atoms with Crippen LogP contribution in [0.1, 0.15) is 50.8 Å². The molecule has 0 aliphatic heterocycles. The summed E-state index contributed by atoms with van der Waals surface area (Å²) in [7, 11) is 0. The lowest BCUT2D eigenvalue weighted by Crippen LogP contribution is -2.41. The molecular weight excluding hydrogens is 330 g/mol. The lowest BCUT2D eigenvalue weighted by atomic mass is 10.1. The molecule has 0 saturated heterocycles. The fourth-order valence-electron chi connectivity index (χ4n) is 3.13. The Morgan fingerprint density at radius 3 is 2.35 bits per heavy atom. The maximum Gasteiger partial charge on any atom is 0.305 e. The fourth-order valence-corrected chi connectivity index (χ4v) is 3.13. The number of carbonyl (C=O) groups is 2. The van der Waals surface area contributed by atoms with Crippen molar-refractivity contribution in [3.05, 3.63) is 83.1 Å². The maximum absolute atomic E-state index is 12.5. The van der Waals surface area contributed by atoms with E-state index in [9.17, 15) is 9.59 Å². The highest BCUT2D eigenvalue weighted by atomic mass is 16.3. The zero-order chi connectivity index (χ0) is 18.7. The third-order valence-electron chi connectivity index (χ3n) is 4.43. The molecule has 134 valence electrons. The molecule has 0 bridgehead atoms. The van der Waals surface area contributed by atoms with Gasteiger partial charge in [-0.2, -0.15) is 0 Å². The molecule has 1 atom stereocenters. The van der Waals surface area contributed by atoms with E-state index >= 15 is 0 Å². The summed E-state index contributed by atoms with van der Waals surface area (Å²) in [5.74, 6) is -0.743. The summed E-state index contributed by atoms with van der Waals surface area (Å²) in [5, 5.41) is 0. The second-order valence-corrected chi connectivity index (χ2v) is 6.13. The Hall–Kier alpha value is -3.28. The van der Waals surface area contributed by atoms with Crippen LogP contribution in [0.2, 0.25) is 0 Å². The monoisotopic (exact) mass is 351 g/mol. The van der Waals surface area contributed by atoms with Crippen molar-refractivity contribution in [1.29, 1.82) is 0 Å². The minimum absolute atomic E-state index is 0.0930. The van der Waals surface area contributed by atoms with Crippen LogP contribution >= 0.6 is 0 Å². The summed E-state index contributed by atoms with van der Waals surface area (Å²) in [4.78, 5) is 24.4. The molecule has 26 heavy (non-hydrogen) atoms. The molecule has 0 radical (unpaired) electrons. The van der Waals surface area contributed by atoms with E-state index in [1.807, 2.05) is 38.1 Å². The molecule has 2 N–H and O–H groups in total. The van der Waals surface area contributed by atoms with Crippen LogP contribution in [-0.4, -0.2) is 16.4 Å². The van der Waals surface area contributed by atoms with Crippen LogP contribution in [0, 0.1) is 13.8 Å². The van der Waals surface area contributed by atoms with Crippen molar-refractivity contribution in [2.24, 2.45) is 0 Å². The number of aromatic nitrogens is 1. The second-order valence-electron chi connectivity index (χ2n) is 6.13. The van der Waals surface area contributed by atoms with E-state index in [-0.39, 0.29) is 17.7 Å². The van der Waals surface area contributed by atoms with E-state index in [1.165, 1.54) is 12.3 Å². The minimum Gasteiger partial charge on any atom is -0.459 e. The number of rotatable bonds is 4. The van der Waals surface area contributed by atoms with Gasteiger partial charge in [0.05, 0.1) is 17.9 Å². The highest BCUT2D eigenvalue weighted by Crippen LogP contribution is 2.25. The first-order valence-corrected chi connectivity index (χ1v) is 8.36. The molecule has 0 fully saturated rings. The van der Waals surface area contributed by atoms with Gasteiger partial charge in [-0.05, 0) is 44.5 Å². The highest BCUT2D eigenvalue weighted by Gasteiger charge is 2.20. The molecule has 2 aromatic heterocycles. The van der Waals surface area contributed by atoms with Crippen molar-refractivity contribution in [2.75, 3.05) is 0 Å². The number of furan rings is 1. The van der Waals surface area contributed by atoms with Gasteiger partial charge in [0.25, 0.3) is 5.91 Å². The normalized spacial score (nSPS) is 11.8. The van der Waals surface area contributed by atoms with Gasteiger partial charge in [0, 0.05) is 11.4 Å². The first kappa shape index (κ1) is 17.5. The van der Waals surface area contributed by atoms with Gasteiger partial charge in [-0.3, -0.25) is 20.4 Å². The summed E-state index contributed by atoms with van der Waals surface area (Å²) in [6.07, 6.45) is 1.40. The third kappa shape index (κ3) is 3.39. The maximum atomic E-state index is 12.5.